The molecule has 0 aromatic heterocycles. The summed E-state index contributed by atoms with van der Waals surface area (Å²) in [6.07, 6.45) is 4.15. The third kappa shape index (κ3) is 4.06. The number of hydrazone groups is 1. The second-order valence-corrected chi connectivity index (χ2v) is 4.80. The highest BCUT2D eigenvalue weighted by Crippen LogP contribution is 2.15. The van der Waals surface area contributed by atoms with E-state index in [0.29, 0.717) is 5.11 Å². The Hall–Kier alpha value is -1.88. The lowest BCUT2D eigenvalue weighted by Crippen LogP contribution is -2.24. The molecule has 0 spiro atoms. The Labute approximate surface area is 118 Å². The van der Waals surface area contributed by atoms with Crippen molar-refractivity contribution in [2.24, 2.45) is 5.10 Å². The molecule has 1 aliphatic carbocycles. The van der Waals surface area contributed by atoms with Gasteiger partial charge in [0.25, 0.3) is 0 Å². The van der Waals surface area contributed by atoms with E-state index in [9.17, 15) is 0 Å². The van der Waals surface area contributed by atoms with Crippen molar-refractivity contribution >= 4 is 28.7 Å². The average molecular weight is 275 g/mol. The van der Waals surface area contributed by atoms with Gasteiger partial charge in [0.15, 0.2) is 5.11 Å². The Morgan fingerprint density at radius 1 is 1.26 bits per heavy atom. The quantitative estimate of drug-likeness (QED) is 0.657. The first kappa shape index (κ1) is 13.5. The maximum absolute atomic E-state index is 5.18. The molecule has 0 aliphatic heterocycles. The van der Waals surface area contributed by atoms with E-state index in [2.05, 4.69) is 28.8 Å². The van der Waals surface area contributed by atoms with E-state index in [-0.39, 0.29) is 0 Å². The number of methoxy groups -OCH3 is 1. The van der Waals surface area contributed by atoms with Crippen LogP contribution in [0.25, 0.3) is 0 Å². The topological polar surface area (TPSA) is 45.6 Å². The number of ether oxygens (including phenoxy) is 1. The number of rotatable bonds is 3. The van der Waals surface area contributed by atoms with Crippen molar-refractivity contribution in [3.63, 3.8) is 0 Å². The molecule has 0 heterocycles. The number of thiocarbonyl (C=S) groups is 1. The summed E-state index contributed by atoms with van der Waals surface area (Å²) in [4.78, 5) is 0. The summed E-state index contributed by atoms with van der Waals surface area (Å²) < 4.78 is 5.09. The molecule has 0 amide bonds. The number of hydrogen-bond acceptors (Lipinski definition) is 3. The smallest absolute Gasteiger partial charge is 0.191 e. The SMILES string of the molecule is COc1ccc(NC(=S)N/N=C2\C=C(C)CC2)cc1. The van der Waals surface area contributed by atoms with E-state index in [0.717, 1.165) is 30.0 Å². The predicted molar refractivity (Wildman–Crippen MR) is 82.8 cm³/mol. The van der Waals surface area contributed by atoms with Gasteiger partial charge in [-0.2, -0.15) is 5.10 Å². The summed E-state index contributed by atoms with van der Waals surface area (Å²) in [6.45, 7) is 2.11. The van der Waals surface area contributed by atoms with E-state index < -0.39 is 0 Å². The molecule has 2 N–H and O–H groups in total. The monoisotopic (exact) mass is 275 g/mol. The van der Waals surface area contributed by atoms with E-state index in [1.807, 2.05) is 24.3 Å². The lowest BCUT2D eigenvalue weighted by atomic mass is 10.3. The fraction of sp³-hybridized carbons (Fsp3) is 0.286. The van der Waals surface area contributed by atoms with Gasteiger partial charge >= 0.3 is 0 Å². The normalized spacial score (nSPS) is 16.1. The number of nitrogens with zero attached hydrogens (tertiary/aromatic N) is 1. The van der Waals surface area contributed by atoms with Gasteiger partial charge in [0.05, 0.1) is 12.8 Å². The maximum Gasteiger partial charge on any atom is 0.191 e. The highest BCUT2D eigenvalue weighted by atomic mass is 32.1. The Bertz CT molecular complexity index is 520. The van der Waals surface area contributed by atoms with Crippen molar-refractivity contribution in [3.05, 3.63) is 35.9 Å². The van der Waals surface area contributed by atoms with Gasteiger partial charge in [-0.15, -0.1) is 0 Å². The van der Waals surface area contributed by atoms with Crippen LogP contribution < -0.4 is 15.5 Å². The Morgan fingerprint density at radius 2 is 2.00 bits per heavy atom. The van der Waals surface area contributed by atoms with Crippen LogP contribution >= 0.6 is 12.2 Å². The molecular formula is C14H17N3OS. The van der Waals surface area contributed by atoms with Crippen LogP contribution in [0.4, 0.5) is 5.69 Å². The van der Waals surface area contributed by atoms with Crippen molar-refractivity contribution < 1.29 is 4.74 Å². The van der Waals surface area contributed by atoms with Crippen molar-refractivity contribution in [1.82, 2.24) is 5.43 Å². The molecule has 1 aromatic carbocycles. The first-order valence-corrected chi connectivity index (χ1v) is 6.53. The molecule has 0 fully saturated rings. The minimum atomic E-state index is 0.482. The molecule has 0 unspecified atom stereocenters. The fourth-order valence-electron chi connectivity index (χ4n) is 1.80. The minimum Gasteiger partial charge on any atom is -0.497 e. The second kappa shape index (κ2) is 6.33. The van der Waals surface area contributed by atoms with Crippen LogP contribution in [-0.4, -0.2) is 17.9 Å². The molecular weight excluding hydrogens is 258 g/mol. The minimum absolute atomic E-state index is 0.482. The second-order valence-electron chi connectivity index (χ2n) is 4.39. The molecule has 1 aliphatic rings. The van der Waals surface area contributed by atoms with Crippen molar-refractivity contribution in [2.75, 3.05) is 12.4 Å². The van der Waals surface area contributed by atoms with Gasteiger partial charge in [-0.05, 0) is 62.3 Å². The van der Waals surface area contributed by atoms with Crippen LogP contribution in [-0.2, 0) is 0 Å². The number of hydrogen-bond donors (Lipinski definition) is 2. The lowest BCUT2D eigenvalue weighted by molar-refractivity contribution is 0.415. The van der Waals surface area contributed by atoms with Crippen molar-refractivity contribution in [3.8, 4) is 5.75 Å². The Balaban J connectivity index is 1.87. The molecule has 1 aromatic rings. The van der Waals surface area contributed by atoms with Gasteiger partial charge in [0.2, 0.25) is 0 Å². The summed E-state index contributed by atoms with van der Waals surface area (Å²) in [5.74, 6) is 0.816. The maximum atomic E-state index is 5.18. The summed E-state index contributed by atoms with van der Waals surface area (Å²) in [7, 11) is 1.64. The lowest BCUT2D eigenvalue weighted by Gasteiger charge is -2.08. The summed E-state index contributed by atoms with van der Waals surface area (Å²) in [5, 5.41) is 7.81. The van der Waals surface area contributed by atoms with E-state index in [1.165, 1.54) is 5.57 Å². The molecule has 2 rings (SSSR count). The molecule has 100 valence electrons. The molecule has 0 bridgehead atoms. The van der Waals surface area contributed by atoms with Crippen LogP contribution in [0.15, 0.2) is 41.0 Å². The van der Waals surface area contributed by atoms with Gasteiger partial charge in [0, 0.05) is 5.69 Å². The van der Waals surface area contributed by atoms with Crippen LogP contribution in [0.3, 0.4) is 0 Å². The molecule has 4 nitrogen and oxygen atoms in total. The Kier molecular flexibility index (Phi) is 4.52. The number of allylic oxidation sites excluding steroid dienone is 2. The zero-order valence-electron chi connectivity index (χ0n) is 11.1. The van der Waals surface area contributed by atoms with Crippen molar-refractivity contribution in [2.45, 2.75) is 19.8 Å². The summed E-state index contributed by atoms with van der Waals surface area (Å²) >= 11 is 5.18. The fourth-order valence-corrected chi connectivity index (χ4v) is 1.96. The molecule has 19 heavy (non-hydrogen) atoms. The third-order valence-corrected chi connectivity index (χ3v) is 3.03. The first-order valence-electron chi connectivity index (χ1n) is 6.12. The standard InChI is InChI=1S/C14H17N3OS/c1-10-3-4-12(9-10)16-17-14(19)15-11-5-7-13(18-2)8-6-11/h5-9H,3-4H2,1-2H3,(H2,15,17,19)/b16-12-. The number of nitrogens with one attached hydrogen (secondary N) is 2. The molecule has 0 radical (unpaired) electrons. The molecule has 0 saturated carbocycles. The van der Waals surface area contributed by atoms with Crippen LogP contribution in [0.1, 0.15) is 19.8 Å². The van der Waals surface area contributed by atoms with Gasteiger partial charge in [0.1, 0.15) is 5.75 Å². The molecule has 0 atom stereocenters. The third-order valence-electron chi connectivity index (χ3n) is 2.84. The largest absolute Gasteiger partial charge is 0.497 e. The van der Waals surface area contributed by atoms with E-state index in [1.54, 1.807) is 7.11 Å². The van der Waals surface area contributed by atoms with Crippen LogP contribution in [0.2, 0.25) is 0 Å². The van der Waals surface area contributed by atoms with E-state index in [4.69, 9.17) is 17.0 Å². The molecule has 0 saturated heterocycles. The summed E-state index contributed by atoms with van der Waals surface area (Å²) in [6, 6.07) is 7.55. The van der Waals surface area contributed by atoms with Gasteiger partial charge in [-0.25, -0.2) is 0 Å². The summed E-state index contributed by atoms with van der Waals surface area (Å²) in [5.41, 5.74) is 6.15. The number of benzene rings is 1. The highest BCUT2D eigenvalue weighted by Gasteiger charge is 2.06. The van der Waals surface area contributed by atoms with Crippen LogP contribution in [0, 0.1) is 0 Å². The highest BCUT2D eigenvalue weighted by molar-refractivity contribution is 7.80. The zero-order chi connectivity index (χ0) is 13.7. The van der Waals surface area contributed by atoms with E-state index >= 15 is 0 Å². The first-order chi connectivity index (χ1) is 9.17. The van der Waals surface area contributed by atoms with Gasteiger partial charge < -0.3 is 10.1 Å². The Morgan fingerprint density at radius 3 is 2.58 bits per heavy atom. The van der Waals surface area contributed by atoms with Crippen molar-refractivity contribution in [1.29, 1.82) is 0 Å². The van der Waals surface area contributed by atoms with Gasteiger partial charge in [-0.3, -0.25) is 5.43 Å². The van der Waals surface area contributed by atoms with Crippen LogP contribution in [0.5, 0.6) is 5.75 Å². The van der Waals surface area contributed by atoms with Gasteiger partial charge in [-0.1, -0.05) is 5.57 Å². The zero-order valence-corrected chi connectivity index (χ0v) is 11.9. The number of anilines is 1. The molecule has 5 heteroatoms. The predicted octanol–water partition coefficient (Wildman–Crippen LogP) is 3.08. The average Bonchev–Trinajstić information content (AvgIpc) is 2.83.